The van der Waals surface area contributed by atoms with Crippen LogP contribution in [0.3, 0.4) is 0 Å². The number of rotatable bonds is 4. The number of nitrogens with zero attached hydrogens (tertiary/aromatic N) is 4. The Labute approximate surface area is 130 Å². The van der Waals surface area contributed by atoms with Crippen LogP contribution in [0.2, 0.25) is 0 Å². The van der Waals surface area contributed by atoms with Crippen LogP contribution in [0.5, 0.6) is 0 Å². The minimum atomic E-state index is 0.593. The maximum atomic E-state index is 4.47. The fraction of sp³-hybridized carbons (Fsp3) is 0.412. The van der Waals surface area contributed by atoms with Crippen LogP contribution in [-0.2, 0) is 6.54 Å². The SMILES string of the molecule is c1ccc2c(c1)ncn2CCN1CCCC(c2ccn[nH]2)C1. The average molecular weight is 295 g/mol. The number of fused-ring (bicyclic) bond motifs is 1. The highest BCUT2D eigenvalue weighted by Crippen LogP contribution is 2.25. The van der Waals surface area contributed by atoms with Gasteiger partial charge in [0.15, 0.2) is 0 Å². The molecule has 1 N–H and O–H groups in total. The molecule has 3 heterocycles. The van der Waals surface area contributed by atoms with Crippen LogP contribution in [0.4, 0.5) is 0 Å². The quantitative estimate of drug-likeness (QED) is 0.805. The Bertz CT molecular complexity index is 730. The first-order valence-electron chi connectivity index (χ1n) is 8.01. The molecule has 1 aromatic carbocycles. The van der Waals surface area contributed by atoms with Crippen LogP contribution >= 0.6 is 0 Å². The number of nitrogens with one attached hydrogen (secondary N) is 1. The molecule has 114 valence electrons. The molecular weight excluding hydrogens is 274 g/mol. The number of piperidine rings is 1. The lowest BCUT2D eigenvalue weighted by Gasteiger charge is -2.32. The summed E-state index contributed by atoms with van der Waals surface area (Å²) in [6.45, 7) is 4.38. The maximum absolute atomic E-state index is 4.47. The first-order chi connectivity index (χ1) is 10.9. The third kappa shape index (κ3) is 2.64. The van der Waals surface area contributed by atoms with Crippen LogP contribution in [-0.4, -0.2) is 44.3 Å². The molecule has 1 fully saturated rings. The number of imidazole rings is 1. The van der Waals surface area contributed by atoms with Gasteiger partial charge in [-0.25, -0.2) is 4.98 Å². The summed E-state index contributed by atoms with van der Waals surface area (Å²) in [4.78, 5) is 7.03. The van der Waals surface area contributed by atoms with Gasteiger partial charge in [0.25, 0.3) is 0 Å². The third-order valence-corrected chi connectivity index (χ3v) is 4.65. The molecule has 0 saturated carbocycles. The summed E-state index contributed by atoms with van der Waals surface area (Å²) in [7, 11) is 0. The van der Waals surface area contributed by atoms with E-state index < -0.39 is 0 Å². The smallest absolute Gasteiger partial charge is 0.0958 e. The number of hydrogen-bond acceptors (Lipinski definition) is 3. The molecule has 5 nitrogen and oxygen atoms in total. The third-order valence-electron chi connectivity index (χ3n) is 4.65. The number of aromatic amines is 1. The Hall–Kier alpha value is -2.14. The van der Waals surface area contributed by atoms with E-state index in [1.54, 1.807) is 0 Å². The molecule has 3 aromatic rings. The largest absolute Gasteiger partial charge is 0.329 e. The molecule has 1 unspecified atom stereocenters. The van der Waals surface area contributed by atoms with Crippen molar-refractivity contribution in [1.82, 2.24) is 24.6 Å². The van der Waals surface area contributed by atoms with E-state index in [-0.39, 0.29) is 0 Å². The molecule has 1 saturated heterocycles. The molecule has 2 aromatic heterocycles. The van der Waals surface area contributed by atoms with Crippen molar-refractivity contribution in [1.29, 1.82) is 0 Å². The second-order valence-corrected chi connectivity index (χ2v) is 6.08. The highest BCUT2D eigenvalue weighted by atomic mass is 15.2. The molecular formula is C17H21N5. The Balaban J connectivity index is 1.41. The van der Waals surface area contributed by atoms with Crippen molar-refractivity contribution in [2.24, 2.45) is 0 Å². The van der Waals surface area contributed by atoms with E-state index in [1.165, 1.54) is 30.6 Å². The summed E-state index contributed by atoms with van der Waals surface area (Å²) in [6, 6.07) is 10.4. The summed E-state index contributed by atoms with van der Waals surface area (Å²) in [6.07, 6.45) is 6.33. The van der Waals surface area contributed by atoms with E-state index >= 15 is 0 Å². The first-order valence-corrected chi connectivity index (χ1v) is 8.01. The summed E-state index contributed by atoms with van der Waals surface area (Å²) in [5.74, 6) is 0.593. The monoisotopic (exact) mass is 295 g/mol. The number of likely N-dealkylation sites (tertiary alicyclic amines) is 1. The van der Waals surface area contributed by atoms with Crippen molar-refractivity contribution in [2.75, 3.05) is 19.6 Å². The van der Waals surface area contributed by atoms with Crippen molar-refractivity contribution in [3.8, 4) is 0 Å². The van der Waals surface area contributed by atoms with E-state index in [0.717, 1.165) is 25.2 Å². The first kappa shape index (κ1) is 13.5. The van der Waals surface area contributed by atoms with Gasteiger partial charge >= 0.3 is 0 Å². The van der Waals surface area contributed by atoms with Crippen molar-refractivity contribution < 1.29 is 0 Å². The number of aromatic nitrogens is 4. The van der Waals surface area contributed by atoms with Gasteiger partial charge in [-0.2, -0.15) is 5.10 Å². The minimum absolute atomic E-state index is 0.593. The summed E-state index contributed by atoms with van der Waals surface area (Å²) in [5.41, 5.74) is 3.58. The zero-order valence-corrected chi connectivity index (χ0v) is 12.7. The van der Waals surface area contributed by atoms with Gasteiger partial charge in [0.2, 0.25) is 0 Å². The molecule has 22 heavy (non-hydrogen) atoms. The maximum Gasteiger partial charge on any atom is 0.0958 e. The molecule has 0 aliphatic carbocycles. The van der Waals surface area contributed by atoms with Crippen molar-refractivity contribution in [3.63, 3.8) is 0 Å². The van der Waals surface area contributed by atoms with Crippen molar-refractivity contribution in [2.45, 2.75) is 25.3 Å². The number of para-hydroxylation sites is 2. The zero-order chi connectivity index (χ0) is 14.8. The van der Waals surface area contributed by atoms with E-state index in [1.807, 2.05) is 18.6 Å². The average Bonchev–Trinajstić information content (AvgIpc) is 3.23. The van der Waals surface area contributed by atoms with Gasteiger partial charge in [-0.1, -0.05) is 12.1 Å². The Morgan fingerprint density at radius 3 is 3.05 bits per heavy atom. The van der Waals surface area contributed by atoms with Crippen molar-refractivity contribution in [3.05, 3.63) is 48.5 Å². The van der Waals surface area contributed by atoms with Gasteiger partial charge in [-0.3, -0.25) is 5.10 Å². The normalized spacial score (nSPS) is 19.7. The lowest BCUT2D eigenvalue weighted by atomic mass is 9.95. The molecule has 0 spiro atoms. The Morgan fingerprint density at radius 1 is 1.18 bits per heavy atom. The Kier molecular flexibility index (Phi) is 3.64. The van der Waals surface area contributed by atoms with Crippen molar-refractivity contribution >= 4 is 11.0 Å². The predicted octanol–water partition coefficient (Wildman–Crippen LogP) is 2.64. The fourth-order valence-electron chi connectivity index (χ4n) is 3.44. The van der Waals surface area contributed by atoms with E-state index in [4.69, 9.17) is 0 Å². The van der Waals surface area contributed by atoms with E-state index in [2.05, 4.69) is 48.9 Å². The number of hydrogen-bond donors (Lipinski definition) is 1. The fourth-order valence-corrected chi connectivity index (χ4v) is 3.44. The molecule has 1 atom stereocenters. The van der Waals surface area contributed by atoms with Crippen LogP contribution in [0, 0.1) is 0 Å². The Morgan fingerprint density at radius 2 is 2.14 bits per heavy atom. The highest BCUT2D eigenvalue weighted by Gasteiger charge is 2.22. The molecule has 0 bridgehead atoms. The van der Waals surface area contributed by atoms with Crippen LogP contribution < -0.4 is 0 Å². The molecule has 5 heteroatoms. The van der Waals surface area contributed by atoms with Gasteiger partial charge in [0.05, 0.1) is 17.4 Å². The number of benzene rings is 1. The summed E-state index contributed by atoms with van der Waals surface area (Å²) < 4.78 is 2.26. The second-order valence-electron chi connectivity index (χ2n) is 6.08. The molecule has 1 aliphatic rings. The predicted molar refractivity (Wildman–Crippen MR) is 86.7 cm³/mol. The zero-order valence-electron chi connectivity index (χ0n) is 12.7. The van der Waals surface area contributed by atoms with Gasteiger partial charge < -0.3 is 9.47 Å². The van der Waals surface area contributed by atoms with Crippen LogP contribution in [0.25, 0.3) is 11.0 Å². The molecule has 0 amide bonds. The summed E-state index contributed by atoms with van der Waals surface area (Å²) in [5, 5.41) is 7.22. The lowest BCUT2D eigenvalue weighted by Crippen LogP contribution is -2.36. The summed E-state index contributed by atoms with van der Waals surface area (Å²) >= 11 is 0. The van der Waals surface area contributed by atoms with E-state index in [9.17, 15) is 0 Å². The van der Waals surface area contributed by atoms with Crippen LogP contribution in [0.1, 0.15) is 24.5 Å². The topological polar surface area (TPSA) is 49.7 Å². The molecule has 0 radical (unpaired) electrons. The van der Waals surface area contributed by atoms with E-state index in [0.29, 0.717) is 5.92 Å². The lowest BCUT2D eigenvalue weighted by molar-refractivity contribution is 0.200. The van der Waals surface area contributed by atoms with Gasteiger partial charge in [0, 0.05) is 37.4 Å². The van der Waals surface area contributed by atoms with Gasteiger partial charge in [-0.05, 0) is 37.6 Å². The minimum Gasteiger partial charge on any atom is -0.329 e. The molecule has 4 rings (SSSR count). The molecule has 1 aliphatic heterocycles. The number of H-pyrrole nitrogens is 1. The van der Waals surface area contributed by atoms with Crippen LogP contribution in [0.15, 0.2) is 42.9 Å². The van der Waals surface area contributed by atoms with Gasteiger partial charge in [-0.15, -0.1) is 0 Å². The standard InChI is InChI=1S/C17H21N5/c1-2-6-17-16(5-1)18-13-22(17)11-10-21-9-3-4-14(12-21)15-7-8-19-20-15/h1-2,5-8,13-14H,3-4,9-12H2,(H,19,20). The van der Waals surface area contributed by atoms with Gasteiger partial charge in [0.1, 0.15) is 0 Å². The second kappa shape index (κ2) is 5.93. The highest BCUT2D eigenvalue weighted by molar-refractivity contribution is 5.74.